The molecule has 0 aliphatic carbocycles. The molecule has 2 N–H and O–H groups in total. The van der Waals surface area contributed by atoms with Gasteiger partial charge in [0.25, 0.3) is 0 Å². The van der Waals surface area contributed by atoms with Crippen molar-refractivity contribution in [3.05, 3.63) is 28.8 Å². The van der Waals surface area contributed by atoms with Gasteiger partial charge >= 0.3 is 0 Å². The number of nitrogen functional groups attached to an aromatic ring is 1. The first-order valence-electron chi connectivity index (χ1n) is 5.49. The van der Waals surface area contributed by atoms with Gasteiger partial charge in [-0.15, -0.1) is 0 Å². The lowest BCUT2D eigenvalue weighted by molar-refractivity contribution is 0.0106. The van der Waals surface area contributed by atoms with Crippen molar-refractivity contribution in [2.45, 2.75) is 25.6 Å². The lowest BCUT2D eigenvalue weighted by Crippen LogP contribution is -2.13. The van der Waals surface area contributed by atoms with Crippen LogP contribution in [0.2, 0.25) is 5.02 Å². The van der Waals surface area contributed by atoms with Crippen molar-refractivity contribution in [3.63, 3.8) is 0 Å². The highest BCUT2D eigenvalue weighted by atomic mass is 35.5. The van der Waals surface area contributed by atoms with E-state index in [1.165, 1.54) is 0 Å². The molecule has 1 unspecified atom stereocenters. The van der Waals surface area contributed by atoms with E-state index < -0.39 is 0 Å². The van der Waals surface area contributed by atoms with Crippen LogP contribution in [0.5, 0.6) is 0 Å². The quantitative estimate of drug-likeness (QED) is 0.825. The van der Waals surface area contributed by atoms with Gasteiger partial charge in [-0.25, -0.2) is 0 Å². The van der Waals surface area contributed by atoms with Crippen molar-refractivity contribution in [2.75, 3.05) is 18.9 Å². The highest BCUT2D eigenvalue weighted by Crippen LogP contribution is 2.20. The van der Waals surface area contributed by atoms with Crippen molar-refractivity contribution in [1.82, 2.24) is 0 Å². The molecule has 1 aromatic rings. The van der Waals surface area contributed by atoms with E-state index in [2.05, 4.69) is 0 Å². The third-order valence-electron chi connectivity index (χ3n) is 2.66. The molecule has 1 saturated heterocycles. The number of hydrogen-bond acceptors (Lipinski definition) is 3. The van der Waals surface area contributed by atoms with Crippen LogP contribution in [0.3, 0.4) is 0 Å². The summed E-state index contributed by atoms with van der Waals surface area (Å²) in [6.07, 6.45) is 2.49. The van der Waals surface area contributed by atoms with Gasteiger partial charge in [0.2, 0.25) is 0 Å². The third-order valence-corrected chi connectivity index (χ3v) is 3.01. The minimum atomic E-state index is 0.257. The summed E-state index contributed by atoms with van der Waals surface area (Å²) in [7, 11) is 0. The van der Waals surface area contributed by atoms with E-state index >= 15 is 0 Å². The molecule has 0 bridgehead atoms. The van der Waals surface area contributed by atoms with Crippen LogP contribution in [0.1, 0.15) is 18.4 Å². The fourth-order valence-corrected chi connectivity index (χ4v) is 2.00. The molecule has 4 heteroatoms. The first-order valence-corrected chi connectivity index (χ1v) is 5.87. The minimum Gasteiger partial charge on any atom is -0.399 e. The normalized spacial score (nSPS) is 20.2. The van der Waals surface area contributed by atoms with Gasteiger partial charge in [-0.1, -0.05) is 17.7 Å². The van der Waals surface area contributed by atoms with E-state index in [1.807, 2.05) is 12.1 Å². The van der Waals surface area contributed by atoms with Crippen LogP contribution in [0.4, 0.5) is 5.69 Å². The number of halogens is 1. The lowest BCUT2D eigenvalue weighted by atomic mass is 10.2. The van der Waals surface area contributed by atoms with E-state index in [0.717, 1.165) is 25.0 Å². The van der Waals surface area contributed by atoms with Crippen molar-refractivity contribution in [1.29, 1.82) is 0 Å². The van der Waals surface area contributed by atoms with Crippen LogP contribution in [-0.4, -0.2) is 19.3 Å². The van der Waals surface area contributed by atoms with E-state index in [1.54, 1.807) is 6.07 Å². The molecule has 0 saturated carbocycles. The highest BCUT2D eigenvalue weighted by molar-refractivity contribution is 6.31. The Kier molecular flexibility index (Phi) is 4.04. The Balaban J connectivity index is 1.80. The van der Waals surface area contributed by atoms with Crippen molar-refractivity contribution < 1.29 is 9.47 Å². The summed E-state index contributed by atoms with van der Waals surface area (Å²) in [5.74, 6) is 0. The van der Waals surface area contributed by atoms with E-state index in [4.69, 9.17) is 26.8 Å². The average molecular weight is 242 g/mol. The largest absolute Gasteiger partial charge is 0.399 e. The summed E-state index contributed by atoms with van der Waals surface area (Å²) in [5, 5.41) is 0.660. The number of ether oxygens (including phenoxy) is 2. The summed E-state index contributed by atoms with van der Waals surface area (Å²) in [4.78, 5) is 0. The molecule has 0 radical (unpaired) electrons. The second-order valence-electron chi connectivity index (χ2n) is 4.00. The summed E-state index contributed by atoms with van der Waals surface area (Å²) in [6.45, 7) is 2.01. The van der Waals surface area contributed by atoms with Crippen LogP contribution in [0.15, 0.2) is 18.2 Å². The van der Waals surface area contributed by atoms with Crippen LogP contribution < -0.4 is 5.73 Å². The van der Waals surface area contributed by atoms with E-state index in [0.29, 0.717) is 23.9 Å². The van der Waals surface area contributed by atoms with Gasteiger partial charge < -0.3 is 15.2 Å². The van der Waals surface area contributed by atoms with Gasteiger partial charge in [-0.2, -0.15) is 0 Å². The predicted octanol–water partition coefficient (Wildman–Crippen LogP) is 2.62. The Hall–Kier alpha value is -0.770. The fourth-order valence-electron chi connectivity index (χ4n) is 1.76. The monoisotopic (exact) mass is 241 g/mol. The average Bonchev–Trinajstić information content (AvgIpc) is 2.74. The number of rotatable bonds is 4. The zero-order valence-corrected chi connectivity index (χ0v) is 9.87. The zero-order valence-electron chi connectivity index (χ0n) is 9.12. The molecule has 88 valence electrons. The second-order valence-corrected chi connectivity index (χ2v) is 4.41. The first kappa shape index (κ1) is 11.7. The van der Waals surface area contributed by atoms with Gasteiger partial charge in [0.05, 0.1) is 19.3 Å². The van der Waals surface area contributed by atoms with Crippen molar-refractivity contribution in [3.8, 4) is 0 Å². The molecule has 2 rings (SSSR count). The van der Waals surface area contributed by atoms with Gasteiger partial charge in [0.15, 0.2) is 0 Å². The summed E-state index contributed by atoms with van der Waals surface area (Å²) < 4.78 is 11.0. The number of nitrogens with two attached hydrogens (primary N) is 1. The smallest absolute Gasteiger partial charge is 0.0809 e. The molecule has 1 atom stereocenters. The minimum absolute atomic E-state index is 0.257. The molecule has 0 amide bonds. The molecule has 0 aromatic heterocycles. The van der Waals surface area contributed by atoms with Gasteiger partial charge in [0, 0.05) is 17.3 Å². The molecule has 1 aliphatic rings. The maximum Gasteiger partial charge on any atom is 0.0809 e. The molecule has 1 aliphatic heterocycles. The SMILES string of the molecule is Nc1ccc(COCC2CCCO2)c(Cl)c1. The Morgan fingerprint density at radius 3 is 3.06 bits per heavy atom. The first-order chi connectivity index (χ1) is 7.75. The van der Waals surface area contributed by atoms with Gasteiger partial charge in [-0.3, -0.25) is 0 Å². The van der Waals surface area contributed by atoms with Crippen LogP contribution in [0, 0.1) is 0 Å². The van der Waals surface area contributed by atoms with Crippen molar-refractivity contribution in [2.24, 2.45) is 0 Å². The van der Waals surface area contributed by atoms with E-state index in [9.17, 15) is 0 Å². The molecule has 3 nitrogen and oxygen atoms in total. The van der Waals surface area contributed by atoms with Gasteiger partial charge in [0.1, 0.15) is 0 Å². The maximum absolute atomic E-state index is 6.03. The number of hydrogen-bond donors (Lipinski definition) is 1. The molecule has 1 aromatic carbocycles. The second kappa shape index (κ2) is 5.53. The standard InChI is InChI=1S/C12H16ClNO2/c13-12-6-10(14)4-3-9(12)7-15-8-11-2-1-5-16-11/h3-4,6,11H,1-2,5,7-8,14H2. The Labute approximate surface area is 100 Å². The number of anilines is 1. The fraction of sp³-hybridized carbons (Fsp3) is 0.500. The molecule has 0 spiro atoms. The highest BCUT2D eigenvalue weighted by Gasteiger charge is 2.15. The molecular formula is C12H16ClNO2. The molecule has 1 heterocycles. The number of benzene rings is 1. The molecular weight excluding hydrogens is 226 g/mol. The van der Waals surface area contributed by atoms with Crippen LogP contribution in [0.25, 0.3) is 0 Å². The van der Waals surface area contributed by atoms with Gasteiger partial charge in [-0.05, 0) is 30.5 Å². The Morgan fingerprint density at radius 1 is 1.50 bits per heavy atom. The predicted molar refractivity (Wildman–Crippen MR) is 64.5 cm³/mol. The summed E-state index contributed by atoms with van der Waals surface area (Å²) in [6, 6.07) is 5.47. The van der Waals surface area contributed by atoms with Crippen LogP contribution >= 0.6 is 11.6 Å². The molecule has 16 heavy (non-hydrogen) atoms. The Bertz CT molecular complexity index is 351. The van der Waals surface area contributed by atoms with Crippen molar-refractivity contribution >= 4 is 17.3 Å². The third kappa shape index (κ3) is 3.11. The maximum atomic E-state index is 6.03. The lowest BCUT2D eigenvalue weighted by Gasteiger charge is -2.11. The Morgan fingerprint density at radius 2 is 2.38 bits per heavy atom. The van der Waals surface area contributed by atoms with Crippen LogP contribution in [-0.2, 0) is 16.1 Å². The summed E-state index contributed by atoms with van der Waals surface area (Å²) >= 11 is 6.03. The summed E-state index contributed by atoms with van der Waals surface area (Å²) in [5.41, 5.74) is 7.25. The topological polar surface area (TPSA) is 44.5 Å². The van der Waals surface area contributed by atoms with E-state index in [-0.39, 0.29) is 6.10 Å². The zero-order chi connectivity index (χ0) is 11.4. The molecule has 1 fully saturated rings.